The lowest BCUT2D eigenvalue weighted by Crippen LogP contribution is -2.15. The molecule has 0 spiro atoms. The van der Waals surface area contributed by atoms with E-state index in [-0.39, 0.29) is 13.2 Å². The van der Waals surface area contributed by atoms with Gasteiger partial charge in [-0.25, -0.2) is 0 Å². The molecule has 0 aromatic heterocycles. The Labute approximate surface area is 369 Å². The number of carboxylic acids is 3. The van der Waals surface area contributed by atoms with E-state index in [0.717, 1.165) is 77.0 Å². The molecule has 0 amide bonds. The van der Waals surface area contributed by atoms with E-state index in [1.807, 2.05) is 0 Å². The number of allylic oxidation sites excluding steroid dienone is 6. The van der Waals surface area contributed by atoms with Crippen LogP contribution in [0.25, 0.3) is 0 Å². The fraction of sp³-hybridized carbons (Fsp3) is 0.824. The summed E-state index contributed by atoms with van der Waals surface area (Å²) < 4.78 is 0. The average Bonchev–Trinajstić information content (AvgIpc) is 3.23. The largest absolute Gasteiger partial charge is 0.481 e. The van der Waals surface area contributed by atoms with Gasteiger partial charge in [0, 0.05) is 19.3 Å². The highest BCUT2D eigenvalue weighted by atomic mass is 16.4. The first-order valence-corrected chi connectivity index (χ1v) is 24.6. The van der Waals surface area contributed by atoms with Crippen molar-refractivity contribution in [2.75, 3.05) is 13.2 Å². The van der Waals surface area contributed by atoms with Crippen LogP contribution in [-0.2, 0) is 14.4 Å². The van der Waals surface area contributed by atoms with Gasteiger partial charge >= 0.3 is 17.9 Å². The Morgan fingerprint density at radius 2 is 0.517 bits per heavy atom. The monoisotopic (exact) mass is 855 g/mol. The van der Waals surface area contributed by atoms with E-state index < -0.39 is 24.0 Å². The minimum absolute atomic E-state index is 0.321. The molecule has 0 fully saturated rings. The Kier molecular flexibility index (Phi) is 65.0. The molecule has 0 unspecified atom stereocenters. The van der Waals surface area contributed by atoms with Gasteiger partial charge in [0.2, 0.25) is 0 Å². The van der Waals surface area contributed by atoms with Gasteiger partial charge in [0.05, 0.1) is 13.2 Å². The predicted octanol–water partition coefficient (Wildman–Crippen LogP) is 14.3. The number of hydrogen-bond acceptors (Lipinski definition) is 6. The fourth-order valence-corrected chi connectivity index (χ4v) is 6.04. The number of rotatable bonds is 41. The van der Waals surface area contributed by atoms with Crippen LogP contribution in [0.4, 0.5) is 0 Å². The van der Waals surface area contributed by atoms with Gasteiger partial charge in [-0.15, -0.1) is 0 Å². The van der Waals surface area contributed by atoms with Gasteiger partial charge in [-0.05, 0) is 96.3 Å². The van der Waals surface area contributed by atoms with Crippen LogP contribution < -0.4 is 0 Å². The van der Waals surface area contributed by atoms with E-state index in [1.54, 1.807) is 0 Å². The minimum Gasteiger partial charge on any atom is -0.481 e. The number of unbranched alkanes of at least 4 members (excludes halogenated alkanes) is 27. The highest BCUT2D eigenvalue weighted by molar-refractivity contribution is 5.67. The molecule has 6 N–H and O–H groups in total. The lowest BCUT2D eigenvalue weighted by atomic mass is 10.1. The number of aliphatic carboxylic acids is 3. The molecule has 0 aliphatic rings. The van der Waals surface area contributed by atoms with Gasteiger partial charge in [-0.3, -0.25) is 14.4 Å². The normalized spacial score (nSPS) is 11.1. The topological polar surface area (TPSA) is 173 Å². The summed E-state index contributed by atoms with van der Waals surface area (Å²) in [5.41, 5.74) is 0. The molecule has 356 valence electrons. The van der Waals surface area contributed by atoms with E-state index in [9.17, 15) is 14.4 Å². The van der Waals surface area contributed by atoms with Gasteiger partial charge in [-0.1, -0.05) is 173 Å². The van der Waals surface area contributed by atoms with E-state index in [4.69, 9.17) is 30.6 Å². The summed E-state index contributed by atoms with van der Waals surface area (Å²) in [6, 6.07) is 0. The first-order valence-electron chi connectivity index (χ1n) is 24.6. The maximum absolute atomic E-state index is 10.3. The molecule has 0 aromatic carbocycles. The van der Waals surface area contributed by atoms with Crippen molar-refractivity contribution in [3.05, 3.63) is 36.5 Å². The first-order chi connectivity index (χ1) is 29.1. The summed E-state index contributed by atoms with van der Waals surface area (Å²) in [6.07, 6.45) is 54.0. The number of aliphatic hydroxyl groups is 3. The van der Waals surface area contributed by atoms with Crippen molar-refractivity contribution >= 4 is 17.9 Å². The van der Waals surface area contributed by atoms with Crippen LogP contribution in [0.5, 0.6) is 0 Å². The second-order valence-corrected chi connectivity index (χ2v) is 16.1. The van der Waals surface area contributed by atoms with Crippen LogP contribution in [0.15, 0.2) is 36.5 Å². The van der Waals surface area contributed by atoms with Crippen molar-refractivity contribution < 1.29 is 45.0 Å². The second kappa shape index (κ2) is 60.8. The maximum Gasteiger partial charge on any atom is 0.303 e. The molecule has 0 saturated heterocycles. The number of carboxylic acid groups (broad SMARTS) is 3. The minimum atomic E-state index is -0.954. The number of carbonyl (C=O) groups is 3. The molecular weight excluding hydrogens is 757 g/mol. The quantitative estimate of drug-likeness (QED) is 0.0258. The Morgan fingerprint density at radius 3 is 0.683 bits per heavy atom. The van der Waals surface area contributed by atoms with Gasteiger partial charge < -0.3 is 30.6 Å². The third-order valence-corrected chi connectivity index (χ3v) is 9.88. The summed E-state index contributed by atoms with van der Waals surface area (Å²) in [7, 11) is 0. The summed E-state index contributed by atoms with van der Waals surface area (Å²) in [5, 5.41) is 49.4. The molecule has 0 heterocycles. The molecule has 0 aliphatic heterocycles. The molecule has 60 heavy (non-hydrogen) atoms. The van der Waals surface area contributed by atoms with Crippen molar-refractivity contribution in [2.45, 2.75) is 258 Å². The van der Waals surface area contributed by atoms with Gasteiger partial charge in [-0.2, -0.15) is 0 Å². The van der Waals surface area contributed by atoms with Crippen LogP contribution in [-0.4, -0.2) is 67.9 Å². The zero-order valence-corrected chi connectivity index (χ0v) is 39.3. The Hall–Kier alpha value is -2.49. The summed E-state index contributed by atoms with van der Waals surface area (Å²) in [5.74, 6) is -2.02. The Morgan fingerprint density at radius 1 is 0.333 bits per heavy atom. The molecular formula is C51H98O9. The lowest BCUT2D eigenvalue weighted by molar-refractivity contribution is -0.138. The molecule has 0 rings (SSSR count). The maximum atomic E-state index is 10.3. The second-order valence-electron chi connectivity index (χ2n) is 16.1. The Balaban J connectivity index is -0.000000366. The van der Waals surface area contributed by atoms with Crippen LogP contribution in [0.3, 0.4) is 0 Å². The third kappa shape index (κ3) is 76.2. The third-order valence-electron chi connectivity index (χ3n) is 9.88. The van der Waals surface area contributed by atoms with Crippen LogP contribution in [0.1, 0.15) is 252 Å². The smallest absolute Gasteiger partial charge is 0.303 e. The molecule has 0 aliphatic carbocycles. The molecule has 0 saturated carbocycles. The highest BCUT2D eigenvalue weighted by Gasteiger charge is 1.98. The van der Waals surface area contributed by atoms with E-state index in [2.05, 4.69) is 57.2 Å². The van der Waals surface area contributed by atoms with Gasteiger partial charge in [0.15, 0.2) is 0 Å². The van der Waals surface area contributed by atoms with Crippen LogP contribution in [0, 0.1) is 0 Å². The molecule has 0 aromatic rings. The van der Waals surface area contributed by atoms with Crippen molar-refractivity contribution in [1.82, 2.24) is 0 Å². The molecule has 9 heteroatoms. The average molecular weight is 855 g/mol. The number of aliphatic hydroxyl groups excluding tert-OH is 3. The zero-order valence-electron chi connectivity index (χ0n) is 39.3. The molecule has 0 radical (unpaired) electrons. The van der Waals surface area contributed by atoms with E-state index in [0.29, 0.717) is 19.3 Å². The summed E-state index contributed by atoms with van der Waals surface area (Å²) in [6.45, 7) is 6.02. The van der Waals surface area contributed by atoms with Crippen LogP contribution >= 0.6 is 0 Å². The lowest BCUT2D eigenvalue weighted by Gasteiger charge is -1.98. The van der Waals surface area contributed by atoms with Crippen molar-refractivity contribution in [2.24, 2.45) is 0 Å². The first kappa shape index (κ1) is 64.1. The van der Waals surface area contributed by atoms with Crippen molar-refractivity contribution in [3.63, 3.8) is 0 Å². The van der Waals surface area contributed by atoms with Crippen LogP contribution in [0.2, 0.25) is 0 Å². The molecule has 9 nitrogen and oxygen atoms in total. The van der Waals surface area contributed by atoms with E-state index in [1.165, 1.54) is 135 Å². The fourth-order valence-electron chi connectivity index (χ4n) is 6.04. The van der Waals surface area contributed by atoms with E-state index >= 15 is 0 Å². The van der Waals surface area contributed by atoms with Gasteiger partial charge in [0.1, 0.15) is 6.10 Å². The predicted molar refractivity (Wildman–Crippen MR) is 254 cm³/mol. The summed E-state index contributed by atoms with van der Waals surface area (Å²) in [4.78, 5) is 30.9. The molecule has 0 atom stereocenters. The Bertz CT molecular complexity index is 818. The van der Waals surface area contributed by atoms with Crippen molar-refractivity contribution in [1.29, 1.82) is 0 Å². The summed E-state index contributed by atoms with van der Waals surface area (Å²) >= 11 is 0. The standard InChI is InChI=1S/3C16H30O2.C3H8O3/c3*1-2-3-4-5-6-7-8-9-10-11-12-13-14-15-16(17)18;4-1-3(6)2-5/h3*9-10H,2-8,11-15H2,1H3,(H,17,18);3-6H,1-2H2. The van der Waals surface area contributed by atoms with Crippen molar-refractivity contribution in [3.8, 4) is 0 Å². The highest BCUT2D eigenvalue weighted by Crippen LogP contribution is 2.11. The zero-order chi connectivity index (χ0) is 45.4. The SMILES string of the molecule is CCCCCCCCC=CCCCCCC(=O)O.CCCCCCCCC=CCCCCCC(=O)O.CCCCCCCCC=CCCCCCC(=O)O.OCC(O)CO. The van der Waals surface area contributed by atoms with Gasteiger partial charge in [0.25, 0.3) is 0 Å². The molecule has 0 bridgehead atoms. The number of hydrogen-bond donors (Lipinski definition) is 6.